The molecule has 0 aromatic heterocycles. The number of hydrogen-bond donors (Lipinski definition) is 0. The van der Waals surface area contributed by atoms with Crippen LogP contribution in [0, 0.1) is 16.7 Å². The second-order valence-corrected chi connectivity index (χ2v) is 13.5. The lowest BCUT2D eigenvalue weighted by molar-refractivity contribution is -0.304. The number of ether oxygens (including phenoxy) is 5. The van der Waals surface area contributed by atoms with Crippen LogP contribution in [0.1, 0.15) is 97.8 Å². The second kappa shape index (κ2) is 9.98. The topological polar surface area (TPSA) is 63.2 Å². The molecule has 0 radical (unpaired) electrons. The van der Waals surface area contributed by atoms with Crippen molar-refractivity contribution in [3.8, 4) is 0 Å². The minimum atomic E-state index is -0.519. The van der Waals surface area contributed by atoms with Crippen molar-refractivity contribution in [1.29, 1.82) is 0 Å². The molecule has 6 fully saturated rings. The van der Waals surface area contributed by atoms with Gasteiger partial charge in [0.25, 0.3) is 0 Å². The lowest BCUT2D eigenvalue weighted by Crippen LogP contribution is -2.69. The zero-order valence-corrected chi connectivity index (χ0v) is 23.0. The van der Waals surface area contributed by atoms with E-state index in [-0.39, 0.29) is 28.0 Å². The predicted octanol–water partition coefficient (Wildman–Crippen LogP) is 5.77. The molecule has 6 aliphatic rings. The predicted molar refractivity (Wildman–Crippen MR) is 138 cm³/mol. The maximum absolute atomic E-state index is 12.8. The highest BCUT2D eigenvalue weighted by atomic mass is 16.6. The Hall–Kier alpha value is -0.950. The molecule has 2 saturated heterocycles. The molecule has 0 N–H and O–H groups in total. The van der Waals surface area contributed by atoms with E-state index in [1.165, 1.54) is 25.7 Å². The van der Waals surface area contributed by atoms with Gasteiger partial charge in [0.05, 0.1) is 50.8 Å². The average Bonchev–Trinajstić information content (AvgIpc) is 2.76. The summed E-state index contributed by atoms with van der Waals surface area (Å²) in [5, 5.41) is 0. The summed E-state index contributed by atoms with van der Waals surface area (Å²) in [6.07, 6.45) is 12.5. The van der Waals surface area contributed by atoms with Gasteiger partial charge in [0.2, 0.25) is 0 Å². The lowest BCUT2D eigenvalue weighted by atomic mass is 9.50. The van der Waals surface area contributed by atoms with E-state index >= 15 is 0 Å². The van der Waals surface area contributed by atoms with Gasteiger partial charge in [-0.05, 0) is 44.9 Å². The summed E-state index contributed by atoms with van der Waals surface area (Å²) in [6.45, 7) is 14.7. The Morgan fingerprint density at radius 2 is 1.25 bits per heavy atom. The monoisotopic (exact) mass is 504 g/mol. The fraction of sp³-hybridized carbons (Fsp3) is 0.900. The minimum Gasteiger partial charge on any atom is -0.455 e. The van der Waals surface area contributed by atoms with Gasteiger partial charge in [-0.1, -0.05) is 46.1 Å². The van der Waals surface area contributed by atoms with E-state index in [1.54, 1.807) is 6.92 Å². The number of hydrogen-bond acceptors (Lipinski definition) is 6. The smallest absolute Gasteiger partial charge is 0.333 e. The van der Waals surface area contributed by atoms with Crippen LogP contribution in [0.4, 0.5) is 0 Å². The average molecular weight is 505 g/mol. The van der Waals surface area contributed by atoms with E-state index in [9.17, 15) is 4.79 Å². The van der Waals surface area contributed by atoms with Crippen LogP contribution in [-0.4, -0.2) is 62.4 Å². The molecule has 2 unspecified atom stereocenters. The highest BCUT2D eigenvalue weighted by Gasteiger charge is 2.67. The molecule has 0 aromatic carbocycles. The maximum atomic E-state index is 12.8. The SMILES string of the molecule is C=C(C)C(=O)OC12CC3CC(OCC4(CCCC)COC4)(CC(OCC4(CCCC)COC4)(C3)C1)C2. The molecule has 36 heavy (non-hydrogen) atoms. The van der Waals surface area contributed by atoms with Crippen molar-refractivity contribution < 1.29 is 28.5 Å². The van der Waals surface area contributed by atoms with Gasteiger partial charge in [-0.2, -0.15) is 0 Å². The first kappa shape index (κ1) is 26.6. The van der Waals surface area contributed by atoms with Crippen LogP contribution in [0.15, 0.2) is 12.2 Å². The van der Waals surface area contributed by atoms with Crippen LogP contribution < -0.4 is 0 Å². The Balaban J connectivity index is 1.35. The van der Waals surface area contributed by atoms with Crippen LogP contribution in [-0.2, 0) is 28.5 Å². The summed E-state index contributed by atoms with van der Waals surface area (Å²) in [5.74, 6) is 0.175. The molecule has 2 atom stereocenters. The molecule has 0 aromatic rings. The third kappa shape index (κ3) is 5.17. The van der Waals surface area contributed by atoms with Gasteiger partial charge in [0, 0.05) is 35.7 Å². The van der Waals surface area contributed by atoms with Gasteiger partial charge in [-0.3, -0.25) is 0 Å². The van der Waals surface area contributed by atoms with Gasteiger partial charge in [-0.25, -0.2) is 4.79 Å². The van der Waals surface area contributed by atoms with E-state index in [0.717, 1.165) is 91.0 Å². The van der Waals surface area contributed by atoms with Crippen molar-refractivity contribution in [2.45, 2.75) is 115 Å². The van der Waals surface area contributed by atoms with E-state index in [2.05, 4.69) is 20.4 Å². The summed E-state index contributed by atoms with van der Waals surface area (Å²) in [6, 6.07) is 0. The molecule has 204 valence electrons. The molecular weight excluding hydrogens is 456 g/mol. The largest absolute Gasteiger partial charge is 0.455 e. The molecule has 4 saturated carbocycles. The van der Waals surface area contributed by atoms with Crippen molar-refractivity contribution in [1.82, 2.24) is 0 Å². The van der Waals surface area contributed by atoms with Crippen molar-refractivity contribution >= 4 is 5.97 Å². The number of carbonyl (C=O) groups excluding carboxylic acids is 1. The van der Waals surface area contributed by atoms with Crippen LogP contribution in [0.5, 0.6) is 0 Å². The Morgan fingerprint density at radius 1 is 0.806 bits per heavy atom. The summed E-state index contributed by atoms with van der Waals surface area (Å²) in [4.78, 5) is 12.8. The van der Waals surface area contributed by atoms with E-state index < -0.39 is 5.60 Å². The summed E-state index contributed by atoms with van der Waals surface area (Å²) >= 11 is 0. The second-order valence-electron chi connectivity index (χ2n) is 13.5. The highest BCUT2D eigenvalue weighted by molar-refractivity contribution is 5.87. The fourth-order valence-electron chi connectivity index (χ4n) is 7.99. The first-order chi connectivity index (χ1) is 17.2. The van der Waals surface area contributed by atoms with Crippen molar-refractivity contribution in [2.24, 2.45) is 16.7 Å². The van der Waals surface area contributed by atoms with Crippen molar-refractivity contribution in [3.05, 3.63) is 12.2 Å². The van der Waals surface area contributed by atoms with Gasteiger partial charge < -0.3 is 23.7 Å². The molecule has 6 nitrogen and oxygen atoms in total. The number of esters is 1. The van der Waals surface area contributed by atoms with Crippen molar-refractivity contribution in [3.63, 3.8) is 0 Å². The van der Waals surface area contributed by atoms with Crippen molar-refractivity contribution in [2.75, 3.05) is 39.6 Å². The molecule has 0 amide bonds. The molecule has 0 spiro atoms. The highest BCUT2D eigenvalue weighted by Crippen LogP contribution is 2.63. The molecule has 4 bridgehead atoms. The van der Waals surface area contributed by atoms with E-state index in [4.69, 9.17) is 23.7 Å². The minimum absolute atomic E-state index is 0.141. The zero-order chi connectivity index (χ0) is 25.5. The first-order valence-electron chi connectivity index (χ1n) is 14.5. The van der Waals surface area contributed by atoms with E-state index in [0.29, 0.717) is 11.5 Å². The molecule has 4 aliphatic carbocycles. The van der Waals surface area contributed by atoms with Gasteiger partial charge in [-0.15, -0.1) is 0 Å². The molecule has 6 rings (SSSR count). The molecule has 6 heteroatoms. The van der Waals surface area contributed by atoms with Gasteiger partial charge in [0.15, 0.2) is 0 Å². The number of carbonyl (C=O) groups is 1. The summed E-state index contributed by atoms with van der Waals surface area (Å²) in [5.41, 5.74) is -0.363. The van der Waals surface area contributed by atoms with Crippen LogP contribution in [0.3, 0.4) is 0 Å². The fourth-order valence-corrected chi connectivity index (χ4v) is 7.99. The van der Waals surface area contributed by atoms with Gasteiger partial charge in [0.1, 0.15) is 5.60 Å². The normalized spacial score (nSPS) is 37.2. The molecular formula is C30H48O6. The third-order valence-corrected chi connectivity index (χ3v) is 9.70. The van der Waals surface area contributed by atoms with Crippen LogP contribution >= 0.6 is 0 Å². The Bertz CT molecular complexity index is 781. The summed E-state index contributed by atoms with van der Waals surface area (Å²) < 4.78 is 31.6. The van der Waals surface area contributed by atoms with E-state index in [1.807, 2.05) is 0 Å². The molecule has 2 aliphatic heterocycles. The zero-order valence-electron chi connectivity index (χ0n) is 23.0. The molecule has 2 heterocycles. The quantitative estimate of drug-likeness (QED) is 0.221. The Labute approximate surface area is 217 Å². The maximum Gasteiger partial charge on any atom is 0.333 e. The first-order valence-corrected chi connectivity index (χ1v) is 14.5. The van der Waals surface area contributed by atoms with Crippen LogP contribution in [0.2, 0.25) is 0 Å². The number of rotatable bonds is 14. The number of unbranched alkanes of at least 4 members (excludes halogenated alkanes) is 2. The Kier molecular flexibility index (Phi) is 7.39. The summed E-state index contributed by atoms with van der Waals surface area (Å²) in [7, 11) is 0. The van der Waals surface area contributed by atoms with Crippen LogP contribution in [0.25, 0.3) is 0 Å². The standard InChI is InChI=1S/C30H48O6/c1-5-7-9-26(17-32-18-26)21-34-28-11-24-12-29(14-28,35-22-27(10-8-6-2)19-33-20-27)16-30(13-24,15-28)36-25(31)23(3)4/h24H,3,5-22H2,1-2,4H3. The Morgan fingerprint density at radius 3 is 1.64 bits per heavy atom. The lowest BCUT2D eigenvalue weighted by Gasteiger charge is -2.65. The third-order valence-electron chi connectivity index (χ3n) is 9.70. The van der Waals surface area contributed by atoms with Gasteiger partial charge >= 0.3 is 5.97 Å².